The number of nitrogen functional groups attached to an aromatic ring is 1. The number of hydrogen-bond acceptors (Lipinski definition) is 5. The normalized spacial score (nSPS) is 15.8. The second-order valence-corrected chi connectivity index (χ2v) is 10.0. The van der Waals surface area contributed by atoms with E-state index < -0.39 is 0 Å². The van der Waals surface area contributed by atoms with Crippen molar-refractivity contribution >= 4 is 22.8 Å². The largest absolute Gasteiger partial charge is 0.384 e. The number of anilines is 1. The van der Waals surface area contributed by atoms with Crippen molar-refractivity contribution in [2.75, 3.05) is 32.9 Å². The zero-order valence-corrected chi connectivity index (χ0v) is 21.5. The molecule has 7 heteroatoms. The molecule has 0 aliphatic carbocycles. The van der Waals surface area contributed by atoms with Crippen LogP contribution in [-0.2, 0) is 7.05 Å². The number of hydrogen-bond donors (Lipinski definition) is 1. The van der Waals surface area contributed by atoms with E-state index in [2.05, 4.69) is 51.6 Å². The van der Waals surface area contributed by atoms with Gasteiger partial charge in [-0.25, -0.2) is 9.97 Å². The molecular formula is C29H34N6O. The molecule has 0 bridgehead atoms. The summed E-state index contributed by atoms with van der Waals surface area (Å²) in [5, 5.41) is 1.13. The van der Waals surface area contributed by atoms with Crippen LogP contribution in [0.1, 0.15) is 53.3 Å². The molecule has 1 atom stereocenters. The molecule has 3 aromatic heterocycles. The predicted molar refractivity (Wildman–Crippen MR) is 145 cm³/mol. The van der Waals surface area contributed by atoms with Gasteiger partial charge in [0.05, 0.1) is 0 Å². The van der Waals surface area contributed by atoms with Gasteiger partial charge in [0.2, 0.25) is 0 Å². The minimum atomic E-state index is 0.0467. The highest BCUT2D eigenvalue weighted by molar-refractivity contribution is 5.94. The van der Waals surface area contributed by atoms with E-state index in [1.807, 2.05) is 42.7 Å². The number of fused-ring (bicyclic) bond motifs is 1. The molecule has 36 heavy (non-hydrogen) atoms. The number of likely N-dealkylation sites (tertiary alicyclic amines) is 1. The van der Waals surface area contributed by atoms with Gasteiger partial charge in [-0.05, 0) is 86.3 Å². The van der Waals surface area contributed by atoms with Crippen molar-refractivity contribution in [2.45, 2.75) is 31.7 Å². The van der Waals surface area contributed by atoms with Gasteiger partial charge in [-0.15, -0.1) is 0 Å². The highest BCUT2D eigenvalue weighted by Gasteiger charge is 2.27. The molecule has 5 rings (SSSR count). The van der Waals surface area contributed by atoms with Crippen LogP contribution in [0.3, 0.4) is 0 Å². The first-order valence-electron chi connectivity index (χ1n) is 12.6. The third-order valence-corrected chi connectivity index (χ3v) is 7.60. The number of carbonyl (C=O) groups is 1. The zero-order valence-electron chi connectivity index (χ0n) is 21.5. The first-order valence-corrected chi connectivity index (χ1v) is 12.6. The van der Waals surface area contributed by atoms with E-state index in [1.165, 1.54) is 11.3 Å². The summed E-state index contributed by atoms with van der Waals surface area (Å²) in [6, 6.07) is 16.6. The van der Waals surface area contributed by atoms with Crippen LogP contribution in [-0.4, -0.2) is 57.4 Å². The lowest BCUT2D eigenvalue weighted by atomic mass is 9.88. The van der Waals surface area contributed by atoms with Crippen molar-refractivity contribution in [3.8, 4) is 11.1 Å². The van der Waals surface area contributed by atoms with E-state index in [0.717, 1.165) is 53.7 Å². The maximum atomic E-state index is 12.2. The molecule has 1 amide bonds. The second-order valence-electron chi connectivity index (χ2n) is 10.0. The van der Waals surface area contributed by atoms with Crippen LogP contribution in [0.5, 0.6) is 0 Å². The molecule has 0 saturated carbocycles. The Kier molecular flexibility index (Phi) is 6.49. The number of aryl methyl sites for hydroxylation is 1. The number of nitrogens with zero attached hydrogens (tertiary/aromatic N) is 5. The van der Waals surface area contributed by atoms with Gasteiger partial charge in [0.1, 0.15) is 11.5 Å². The molecule has 4 aromatic rings. The lowest BCUT2D eigenvalue weighted by molar-refractivity contribution is 0.0827. The summed E-state index contributed by atoms with van der Waals surface area (Å²) in [5.74, 6) is 1.09. The molecule has 1 unspecified atom stereocenters. The molecule has 1 aromatic carbocycles. The van der Waals surface area contributed by atoms with Crippen LogP contribution in [0.4, 0.5) is 5.82 Å². The zero-order chi connectivity index (χ0) is 25.4. The van der Waals surface area contributed by atoms with Crippen LogP contribution in [0.2, 0.25) is 0 Å². The number of rotatable bonds is 5. The monoisotopic (exact) mass is 482 g/mol. The fraction of sp³-hybridized carbons (Fsp3) is 0.345. The Bertz CT molecular complexity index is 1370. The number of amides is 1. The molecule has 1 fully saturated rings. The van der Waals surface area contributed by atoms with Gasteiger partial charge in [-0.3, -0.25) is 9.69 Å². The molecule has 1 aliphatic heterocycles. The van der Waals surface area contributed by atoms with Gasteiger partial charge in [0.25, 0.3) is 5.91 Å². The fourth-order valence-corrected chi connectivity index (χ4v) is 5.42. The summed E-state index contributed by atoms with van der Waals surface area (Å²) >= 11 is 0. The van der Waals surface area contributed by atoms with Crippen LogP contribution >= 0.6 is 0 Å². The molecule has 1 saturated heterocycles. The quantitative estimate of drug-likeness (QED) is 0.439. The van der Waals surface area contributed by atoms with Crippen molar-refractivity contribution < 1.29 is 4.79 Å². The van der Waals surface area contributed by atoms with Gasteiger partial charge < -0.3 is 15.2 Å². The molecule has 0 radical (unpaired) electrons. The van der Waals surface area contributed by atoms with Gasteiger partial charge in [0, 0.05) is 61.8 Å². The average Bonchev–Trinajstić information content (AvgIpc) is 3.25. The van der Waals surface area contributed by atoms with E-state index in [1.54, 1.807) is 19.0 Å². The number of piperidine rings is 1. The Balaban J connectivity index is 1.32. The lowest BCUT2D eigenvalue weighted by Crippen LogP contribution is -2.35. The topological polar surface area (TPSA) is 80.3 Å². The van der Waals surface area contributed by atoms with E-state index in [4.69, 9.17) is 5.73 Å². The number of carbonyl (C=O) groups excluding carboxylic acids is 1. The van der Waals surface area contributed by atoms with Crippen LogP contribution in [0.15, 0.2) is 60.9 Å². The van der Waals surface area contributed by atoms with E-state index in [-0.39, 0.29) is 11.9 Å². The van der Waals surface area contributed by atoms with Gasteiger partial charge >= 0.3 is 0 Å². The first kappa shape index (κ1) is 24.0. The summed E-state index contributed by atoms with van der Waals surface area (Å²) in [5.41, 5.74) is 12.3. The summed E-state index contributed by atoms with van der Waals surface area (Å²) in [6.45, 7) is 4.36. The highest BCUT2D eigenvalue weighted by atomic mass is 16.2. The Morgan fingerprint density at radius 3 is 2.42 bits per heavy atom. The molecule has 0 spiro atoms. The maximum absolute atomic E-state index is 12.2. The summed E-state index contributed by atoms with van der Waals surface area (Å²) in [6.07, 6.45) is 5.91. The molecule has 7 nitrogen and oxygen atoms in total. The minimum absolute atomic E-state index is 0.0467. The van der Waals surface area contributed by atoms with Gasteiger partial charge in [-0.1, -0.05) is 12.1 Å². The molecule has 1 aliphatic rings. The van der Waals surface area contributed by atoms with Crippen molar-refractivity contribution in [3.05, 3.63) is 77.7 Å². The summed E-state index contributed by atoms with van der Waals surface area (Å²) < 4.78 is 2.22. The van der Waals surface area contributed by atoms with Gasteiger partial charge in [0.15, 0.2) is 0 Å². The van der Waals surface area contributed by atoms with Crippen LogP contribution in [0.25, 0.3) is 22.2 Å². The Labute approximate surface area is 212 Å². The van der Waals surface area contributed by atoms with Gasteiger partial charge in [-0.2, -0.15) is 0 Å². The third-order valence-electron chi connectivity index (χ3n) is 7.60. The second kappa shape index (κ2) is 9.74. The van der Waals surface area contributed by atoms with E-state index in [0.29, 0.717) is 11.7 Å². The number of aromatic nitrogens is 3. The van der Waals surface area contributed by atoms with Crippen molar-refractivity contribution in [2.24, 2.45) is 7.05 Å². The standard InChI is InChI=1S/C29H34N6O/c1-19(35-15-12-21(13-16-35)20-5-7-22(8-6-20)29(36)33(2)3)26-17-25-24(11-14-31-28(25)34(26)4)23-9-10-27(30)32-18-23/h5-11,14,17-19,21H,12-13,15-16H2,1-4H3,(H2,30,32). The predicted octanol–water partition coefficient (Wildman–Crippen LogP) is 4.86. The third kappa shape index (κ3) is 4.46. The van der Waals surface area contributed by atoms with Crippen LogP contribution in [0, 0.1) is 0 Å². The number of benzene rings is 1. The molecule has 186 valence electrons. The van der Waals surface area contributed by atoms with Crippen LogP contribution < -0.4 is 5.73 Å². The average molecular weight is 483 g/mol. The summed E-state index contributed by atoms with van der Waals surface area (Å²) in [7, 11) is 5.68. The lowest BCUT2D eigenvalue weighted by Gasteiger charge is -2.36. The number of pyridine rings is 2. The maximum Gasteiger partial charge on any atom is 0.253 e. The Hall–Kier alpha value is -3.71. The number of nitrogens with two attached hydrogens (primary N) is 1. The minimum Gasteiger partial charge on any atom is -0.384 e. The highest BCUT2D eigenvalue weighted by Crippen LogP contribution is 2.36. The molecule has 2 N–H and O–H groups in total. The summed E-state index contributed by atoms with van der Waals surface area (Å²) in [4.78, 5) is 25.3. The molecular weight excluding hydrogens is 448 g/mol. The van der Waals surface area contributed by atoms with E-state index >= 15 is 0 Å². The first-order chi connectivity index (χ1) is 17.3. The SMILES string of the molecule is CC(c1cc2c(-c3ccc(N)nc3)ccnc2n1C)N1CCC(c2ccc(C(=O)N(C)C)cc2)CC1. The Morgan fingerprint density at radius 1 is 1.06 bits per heavy atom. The fourth-order valence-electron chi connectivity index (χ4n) is 5.42. The molecule has 4 heterocycles. The van der Waals surface area contributed by atoms with Crippen molar-refractivity contribution in [1.29, 1.82) is 0 Å². The Morgan fingerprint density at radius 2 is 1.78 bits per heavy atom. The van der Waals surface area contributed by atoms with Crippen molar-refractivity contribution in [1.82, 2.24) is 24.3 Å². The smallest absolute Gasteiger partial charge is 0.253 e. The van der Waals surface area contributed by atoms with Crippen molar-refractivity contribution in [3.63, 3.8) is 0 Å². The van der Waals surface area contributed by atoms with E-state index in [9.17, 15) is 4.79 Å².